The molecule has 2 aromatic rings. The maximum Gasteiger partial charge on any atom is 0.213 e. The molecule has 19 heavy (non-hydrogen) atoms. The maximum absolute atomic E-state index is 5.00. The Morgan fingerprint density at radius 3 is 2.63 bits per heavy atom. The van der Waals surface area contributed by atoms with Gasteiger partial charge in [-0.3, -0.25) is 10.2 Å². The molecular weight excluding hydrogens is 278 g/mol. The number of rotatable bonds is 2. The van der Waals surface area contributed by atoms with Crippen molar-refractivity contribution in [2.45, 2.75) is 26.7 Å². The van der Waals surface area contributed by atoms with Gasteiger partial charge in [-0.05, 0) is 37.9 Å². The van der Waals surface area contributed by atoms with Gasteiger partial charge in [0.1, 0.15) is 0 Å². The SMILES string of the molecule is Cc1nc(N2CCC(C)CC2)sc1-c1nc(=S)[nH][nH]1. The predicted molar refractivity (Wildman–Crippen MR) is 80.2 cm³/mol. The lowest BCUT2D eigenvalue weighted by Gasteiger charge is -2.29. The topological polar surface area (TPSA) is 60.6 Å². The maximum atomic E-state index is 5.00. The van der Waals surface area contributed by atoms with Crippen molar-refractivity contribution >= 4 is 28.7 Å². The summed E-state index contributed by atoms with van der Waals surface area (Å²) in [5.74, 6) is 1.62. The molecule has 1 aliphatic rings. The van der Waals surface area contributed by atoms with E-state index in [0.29, 0.717) is 4.77 Å². The van der Waals surface area contributed by atoms with Crippen molar-refractivity contribution in [2.24, 2.45) is 5.92 Å². The molecule has 102 valence electrons. The van der Waals surface area contributed by atoms with Gasteiger partial charge in [0, 0.05) is 13.1 Å². The summed E-state index contributed by atoms with van der Waals surface area (Å²) in [6.45, 7) is 6.54. The average Bonchev–Trinajstić information content (AvgIpc) is 2.96. The molecule has 1 aliphatic heterocycles. The Hall–Kier alpha value is -1.21. The van der Waals surface area contributed by atoms with E-state index >= 15 is 0 Å². The van der Waals surface area contributed by atoms with Crippen molar-refractivity contribution in [1.82, 2.24) is 20.2 Å². The number of hydrogen-bond acceptors (Lipinski definition) is 5. The third kappa shape index (κ3) is 2.57. The van der Waals surface area contributed by atoms with Crippen LogP contribution in [0, 0.1) is 17.6 Å². The van der Waals surface area contributed by atoms with Gasteiger partial charge in [-0.1, -0.05) is 18.3 Å². The van der Waals surface area contributed by atoms with Gasteiger partial charge < -0.3 is 4.90 Å². The zero-order valence-electron chi connectivity index (χ0n) is 11.1. The second kappa shape index (κ2) is 5.05. The molecule has 5 nitrogen and oxygen atoms in total. The van der Waals surface area contributed by atoms with Crippen molar-refractivity contribution in [2.75, 3.05) is 18.0 Å². The highest BCUT2D eigenvalue weighted by molar-refractivity contribution is 7.71. The number of anilines is 1. The van der Waals surface area contributed by atoms with Crippen molar-refractivity contribution in [3.05, 3.63) is 10.5 Å². The summed E-state index contributed by atoms with van der Waals surface area (Å²) in [6.07, 6.45) is 2.50. The number of thiazole rings is 1. The predicted octanol–water partition coefficient (Wildman–Crippen LogP) is 3.14. The van der Waals surface area contributed by atoms with E-state index in [2.05, 4.69) is 32.0 Å². The molecule has 0 aromatic carbocycles. The minimum Gasteiger partial charge on any atom is -0.348 e. The number of hydrogen-bond donors (Lipinski definition) is 2. The van der Waals surface area contributed by atoms with Gasteiger partial charge >= 0.3 is 0 Å². The highest BCUT2D eigenvalue weighted by atomic mass is 32.1. The minimum absolute atomic E-state index is 0.483. The molecule has 3 rings (SSSR count). The second-order valence-corrected chi connectivity index (χ2v) is 6.46. The van der Waals surface area contributed by atoms with Gasteiger partial charge in [-0.15, -0.1) is 0 Å². The highest BCUT2D eigenvalue weighted by Crippen LogP contribution is 2.34. The van der Waals surface area contributed by atoms with Crippen molar-refractivity contribution in [1.29, 1.82) is 0 Å². The van der Waals surface area contributed by atoms with E-state index < -0.39 is 0 Å². The average molecular weight is 295 g/mol. The molecule has 2 aromatic heterocycles. The standard InChI is InChI=1S/C12H17N5S2/c1-7-3-5-17(6-4-7)12-13-8(2)9(19-12)10-14-11(18)16-15-10/h7H,3-6H2,1-2H3,(H2,14,15,16,18). The lowest BCUT2D eigenvalue weighted by molar-refractivity contribution is 0.438. The first kappa shape index (κ1) is 12.8. The number of aryl methyl sites for hydroxylation is 1. The molecule has 1 saturated heterocycles. The third-order valence-electron chi connectivity index (χ3n) is 3.56. The van der Waals surface area contributed by atoms with Gasteiger partial charge in [-0.2, -0.15) is 4.98 Å². The van der Waals surface area contributed by atoms with E-state index in [1.807, 2.05) is 6.92 Å². The Kier molecular flexibility index (Phi) is 3.40. The molecule has 1 fully saturated rings. The first-order valence-electron chi connectivity index (χ1n) is 6.51. The summed E-state index contributed by atoms with van der Waals surface area (Å²) < 4.78 is 0.483. The first-order chi connectivity index (χ1) is 9.13. The Labute approximate surface area is 121 Å². The quantitative estimate of drug-likeness (QED) is 0.836. The van der Waals surface area contributed by atoms with Gasteiger partial charge in [-0.25, -0.2) is 4.98 Å². The summed E-state index contributed by atoms with van der Waals surface area (Å²) >= 11 is 6.69. The van der Waals surface area contributed by atoms with E-state index in [4.69, 9.17) is 12.2 Å². The summed E-state index contributed by atoms with van der Waals surface area (Å²) in [6, 6.07) is 0. The molecule has 3 heterocycles. The first-order valence-corrected chi connectivity index (χ1v) is 7.73. The lowest BCUT2D eigenvalue weighted by Crippen LogP contribution is -2.32. The summed E-state index contributed by atoms with van der Waals surface area (Å²) in [5, 5.41) is 6.93. The van der Waals surface area contributed by atoms with E-state index in [-0.39, 0.29) is 0 Å². The van der Waals surface area contributed by atoms with Crippen LogP contribution in [0.15, 0.2) is 0 Å². The molecule has 0 amide bonds. The van der Waals surface area contributed by atoms with Gasteiger partial charge in [0.2, 0.25) is 4.77 Å². The smallest absolute Gasteiger partial charge is 0.213 e. The monoisotopic (exact) mass is 295 g/mol. The van der Waals surface area contributed by atoms with E-state index in [9.17, 15) is 0 Å². The highest BCUT2D eigenvalue weighted by Gasteiger charge is 2.21. The number of piperidine rings is 1. The van der Waals surface area contributed by atoms with Gasteiger partial charge in [0.25, 0.3) is 0 Å². The Balaban J connectivity index is 1.87. The number of aromatic nitrogens is 4. The largest absolute Gasteiger partial charge is 0.348 e. The lowest BCUT2D eigenvalue weighted by atomic mass is 10.00. The number of nitrogens with zero attached hydrogens (tertiary/aromatic N) is 3. The molecule has 7 heteroatoms. The van der Waals surface area contributed by atoms with E-state index in [1.165, 1.54) is 12.8 Å². The fourth-order valence-electron chi connectivity index (χ4n) is 2.31. The second-order valence-electron chi connectivity index (χ2n) is 5.10. The number of H-pyrrole nitrogens is 2. The van der Waals surface area contributed by atoms with E-state index in [0.717, 1.165) is 40.5 Å². The van der Waals surface area contributed by atoms with Crippen LogP contribution in [0.25, 0.3) is 10.7 Å². The fourth-order valence-corrected chi connectivity index (χ4v) is 3.52. The zero-order chi connectivity index (χ0) is 13.4. The number of aromatic amines is 2. The Morgan fingerprint density at radius 1 is 1.26 bits per heavy atom. The van der Waals surface area contributed by atoms with Crippen LogP contribution >= 0.6 is 23.6 Å². The van der Waals surface area contributed by atoms with Crippen LogP contribution in [0.4, 0.5) is 5.13 Å². The van der Waals surface area contributed by atoms with Crippen molar-refractivity contribution in [3.8, 4) is 10.7 Å². The normalized spacial score (nSPS) is 17.1. The molecule has 0 unspecified atom stereocenters. The van der Waals surface area contributed by atoms with Crippen molar-refractivity contribution < 1.29 is 0 Å². The van der Waals surface area contributed by atoms with Crippen LogP contribution < -0.4 is 4.90 Å². The Morgan fingerprint density at radius 2 is 2.00 bits per heavy atom. The summed E-state index contributed by atoms with van der Waals surface area (Å²) in [7, 11) is 0. The molecule has 0 saturated carbocycles. The van der Waals surface area contributed by atoms with Crippen molar-refractivity contribution in [3.63, 3.8) is 0 Å². The van der Waals surface area contributed by atoms with E-state index in [1.54, 1.807) is 11.3 Å². The number of nitrogens with one attached hydrogen (secondary N) is 2. The van der Waals surface area contributed by atoms with Crippen LogP contribution in [0.2, 0.25) is 0 Å². The molecule has 0 bridgehead atoms. The fraction of sp³-hybridized carbons (Fsp3) is 0.583. The molecule has 0 aliphatic carbocycles. The summed E-state index contributed by atoms with van der Waals surface area (Å²) in [4.78, 5) is 12.4. The Bertz CT molecular complexity index is 618. The van der Waals surface area contributed by atoms with Gasteiger partial charge in [0.15, 0.2) is 11.0 Å². The van der Waals surface area contributed by atoms with Crippen LogP contribution in [0.5, 0.6) is 0 Å². The summed E-state index contributed by atoms with van der Waals surface area (Å²) in [5.41, 5.74) is 1.01. The van der Waals surface area contributed by atoms with Crippen LogP contribution in [0.1, 0.15) is 25.5 Å². The minimum atomic E-state index is 0.483. The molecule has 2 N–H and O–H groups in total. The van der Waals surface area contributed by atoms with Gasteiger partial charge in [0.05, 0.1) is 10.6 Å². The van der Waals surface area contributed by atoms with Crippen LogP contribution in [-0.2, 0) is 0 Å². The zero-order valence-corrected chi connectivity index (χ0v) is 12.7. The molecule has 0 radical (unpaired) electrons. The molecule has 0 spiro atoms. The molecular formula is C12H17N5S2. The third-order valence-corrected chi connectivity index (χ3v) is 4.97. The molecule has 0 atom stereocenters. The van der Waals surface area contributed by atoms with Crippen LogP contribution in [-0.4, -0.2) is 33.3 Å². The van der Waals surface area contributed by atoms with Crippen LogP contribution in [0.3, 0.4) is 0 Å².